The second kappa shape index (κ2) is 9.70. The van der Waals surface area contributed by atoms with Crippen molar-refractivity contribution in [3.63, 3.8) is 0 Å². The minimum Gasteiger partial charge on any atom is -0.354 e. The van der Waals surface area contributed by atoms with Gasteiger partial charge in [0.15, 0.2) is 0 Å². The van der Waals surface area contributed by atoms with Crippen molar-refractivity contribution in [1.82, 2.24) is 14.9 Å². The third-order valence-electron chi connectivity index (χ3n) is 5.99. The van der Waals surface area contributed by atoms with Crippen LogP contribution in [0.4, 0.5) is 5.82 Å². The van der Waals surface area contributed by atoms with Gasteiger partial charge >= 0.3 is 0 Å². The van der Waals surface area contributed by atoms with Gasteiger partial charge in [0.2, 0.25) is 0 Å². The molecule has 0 N–H and O–H groups in total. The summed E-state index contributed by atoms with van der Waals surface area (Å²) in [7, 11) is 0. The van der Waals surface area contributed by atoms with Gasteiger partial charge in [-0.2, -0.15) is 0 Å². The van der Waals surface area contributed by atoms with Crippen LogP contribution in [0.5, 0.6) is 0 Å². The molecule has 2 aromatic carbocycles. The van der Waals surface area contributed by atoms with E-state index in [1.807, 2.05) is 24.0 Å². The molecule has 0 radical (unpaired) electrons. The van der Waals surface area contributed by atoms with E-state index in [0.29, 0.717) is 23.7 Å². The molecule has 1 saturated heterocycles. The number of amides is 1. The monoisotopic (exact) mass is 448 g/mol. The number of benzene rings is 2. The van der Waals surface area contributed by atoms with Gasteiger partial charge in [0.1, 0.15) is 11.6 Å². The van der Waals surface area contributed by atoms with E-state index in [1.165, 1.54) is 11.1 Å². The molecule has 3 aromatic rings. The summed E-state index contributed by atoms with van der Waals surface area (Å²) >= 11 is 6.27. The number of nitrogens with zero attached hydrogens (tertiary/aromatic N) is 4. The SMILES string of the molecule is Cc1ccc(Cc2c(C)nc(C)nc2N2CCCN(C(=O)c3ccccc3Cl)CC2)cc1. The van der Waals surface area contributed by atoms with Crippen molar-refractivity contribution in [3.05, 3.63) is 87.3 Å². The standard InChI is InChI=1S/C26H29ClN4O/c1-18-9-11-21(12-10-18)17-23-19(2)28-20(3)29-25(23)30-13-6-14-31(16-15-30)26(32)22-7-4-5-8-24(22)27/h4-5,7-12H,6,13-17H2,1-3H3. The molecule has 0 aliphatic carbocycles. The van der Waals surface area contributed by atoms with Crippen LogP contribution in [0.3, 0.4) is 0 Å². The van der Waals surface area contributed by atoms with E-state index < -0.39 is 0 Å². The molecule has 6 heteroatoms. The Morgan fingerprint density at radius 1 is 0.938 bits per heavy atom. The number of aryl methyl sites for hydroxylation is 3. The first-order valence-electron chi connectivity index (χ1n) is 11.1. The van der Waals surface area contributed by atoms with Crippen molar-refractivity contribution >= 4 is 23.3 Å². The van der Waals surface area contributed by atoms with Gasteiger partial charge in [0, 0.05) is 43.9 Å². The van der Waals surface area contributed by atoms with Crippen molar-refractivity contribution in [1.29, 1.82) is 0 Å². The van der Waals surface area contributed by atoms with Gasteiger partial charge in [0.25, 0.3) is 5.91 Å². The van der Waals surface area contributed by atoms with Gasteiger partial charge in [0.05, 0.1) is 10.6 Å². The summed E-state index contributed by atoms with van der Waals surface area (Å²) in [5.74, 6) is 1.76. The highest BCUT2D eigenvalue weighted by Crippen LogP contribution is 2.26. The summed E-state index contributed by atoms with van der Waals surface area (Å²) in [5.41, 5.74) is 5.24. The molecule has 2 heterocycles. The number of rotatable bonds is 4. The van der Waals surface area contributed by atoms with Gasteiger partial charge in [-0.05, 0) is 44.9 Å². The lowest BCUT2D eigenvalue weighted by Crippen LogP contribution is -2.36. The fourth-order valence-corrected chi connectivity index (χ4v) is 4.45. The van der Waals surface area contributed by atoms with Crippen LogP contribution in [0.2, 0.25) is 5.02 Å². The zero-order valence-corrected chi connectivity index (χ0v) is 19.7. The van der Waals surface area contributed by atoms with Gasteiger partial charge in [-0.25, -0.2) is 9.97 Å². The van der Waals surface area contributed by atoms with Crippen molar-refractivity contribution in [2.45, 2.75) is 33.6 Å². The molecule has 1 aliphatic heterocycles. The Bertz CT molecular complexity index is 1110. The number of aromatic nitrogens is 2. The molecule has 0 bridgehead atoms. The zero-order valence-electron chi connectivity index (χ0n) is 18.9. The number of carbonyl (C=O) groups excluding carboxylic acids is 1. The van der Waals surface area contributed by atoms with Crippen LogP contribution in [0.1, 0.15) is 45.0 Å². The maximum Gasteiger partial charge on any atom is 0.255 e. The summed E-state index contributed by atoms with van der Waals surface area (Å²) in [6.45, 7) is 9.02. The Kier molecular flexibility index (Phi) is 6.75. The fourth-order valence-electron chi connectivity index (χ4n) is 4.23. The van der Waals surface area contributed by atoms with Crippen LogP contribution in [0, 0.1) is 20.8 Å². The average molecular weight is 449 g/mol. The molecule has 166 valence electrons. The Hall–Kier alpha value is -2.92. The Labute approximate surface area is 195 Å². The number of anilines is 1. The minimum atomic E-state index is -0.00706. The number of hydrogen-bond donors (Lipinski definition) is 0. The molecule has 1 amide bonds. The summed E-state index contributed by atoms with van der Waals surface area (Å²) in [6, 6.07) is 15.9. The molecule has 1 aromatic heterocycles. The highest BCUT2D eigenvalue weighted by molar-refractivity contribution is 6.33. The number of halogens is 1. The smallest absolute Gasteiger partial charge is 0.255 e. The molecule has 32 heavy (non-hydrogen) atoms. The van der Waals surface area contributed by atoms with Crippen LogP contribution < -0.4 is 4.90 Å². The first-order chi connectivity index (χ1) is 15.4. The van der Waals surface area contributed by atoms with Crippen LogP contribution in [-0.2, 0) is 6.42 Å². The average Bonchev–Trinajstić information content (AvgIpc) is 3.03. The van der Waals surface area contributed by atoms with Crippen LogP contribution in [-0.4, -0.2) is 47.0 Å². The maximum absolute atomic E-state index is 13.1. The molecule has 1 aliphatic rings. The summed E-state index contributed by atoms with van der Waals surface area (Å²) < 4.78 is 0. The highest BCUT2D eigenvalue weighted by atomic mass is 35.5. The normalized spacial score (nSPS) is 14.4. The van der Waals surface area contributed by atoms with Crippen molar-refractivity contribution < 1.29 is 4.79 Å². The lowest BCUT2D eigenvalue weighted by molar-refractivity contribution is 0.0767. The number of carbonyl (C=O) groups is 1. The third-order valence-corrected chi connectivity index (χ3v) is 6.32. The highest BCUT2D eigenvalue weighted by Gasteiger charge is 2.24. The molecule has 4 rings (SSSR count). The lowest BCUT2D eigenvalue weighted by Gasteiger charge is -2.26. The van der Waals surface area contributed by atoms with Gasteiger partial charge in [-0.15, -0.1) is 0 Å². The summed E-state index contributed by atoms with van der Waals surface area (Å²) in [5, 5.41) is 0.501. The first kappa shape index (κ1) is 22.3. The molecule has 5 nitrogen and oxygen atoms in total. The molecular formula is C26H29ClN4O. The third kappa shape index (κ3) is 4.94. The van der Waals surface area contributed by atoms with E-state index in [1.54, 1.807) is 12.1 Å². The summed E-state index contributed by atoms with van der Waals surface area (Å²) in [6.07, 6.45) is 1.67. The molecule has 1 fully saturated rings. The second-order valence-electron chi connectivity index (χ2n) is 8.43. The molecular weight excluding hydrogens is 420 g/mol. The minimum absolute atomic E-state index is 0.00706. The molecule has 0 saturated carbocycles. The fraction of sp³-hybridized carbons (Fsp3) is 0.346. The Balaban J connectivity index is 1.57. The first-order valence-corrected chi connectivity index (χ1v) is 11.5. The van der Waals surface area contributed by atoms with Crippen molar-refractivity contribution in [2.24, 2.45) is 0 Å². The van der Waals surface area contributed by atoms with Gasteiger partial charge < -0.3 is 9.80 Å². The van der Waals surface area contributed by atoms with E-state index in [4.69, 9.17) is 16.6 Å². The van der Waals surface area contributed by atoms with E-state index in [2.05, 4.69) is 48.0 Å². The zero-order chi connectivity index (χ0) is 22.7. The van der Waals surface area contributed by atoms with Crippen molar-refractivity contribution in [3.8, 4) is 0 Å². The van der Waals surface area contributed by atoms with Crippen LogP contribution in [0.15, 0.2) is 48.5 Å². The largest absolute Gasteiger partial charge is 0.354 e. The molecule has 0 atom stereocenters. The Morgan fingerprint density at radius 3 is 2.44 bits per heavy atom. The van der Waals surface area contributed by atoms with Crippen LogP contribution >= 0.6 is 11.6 Å². The topological polar surface area (TPSA) is 49.3 Å². The van der Waals surface area contributed by atoms with E-state index in [0.717, 1.165) is 48.8 Å². The Morgan fingerprint density at radius 2 is 1.69 bits per heavy atom. The maximum atomic E-state index is 13.1. The van der Waals surface area contributed by atoms with E-state index in [-0.39, 0.29) is 5.91 Å². The van der Waals surface area contributed by atoms with Crippen molar-refractivity contribution in [2.75, 3.05) is 31.1 Å². The van der Waals surface area contributed by atoms with E-state index >= 15 is 0 Å². The lowest BCUT2D eigenvalue weighted by atomic mass is 10.0. The van der Waals surface area contributed by atoms with E-state index in [9.17, 15) is 4.79 Å². The van der Waals surface area contributed by atoms with Gasteiger partial charge in [-0.3, -0.25) is 4.79 Å². The predicted molar refractivity (Wildman–Crippen MR) is 130 cm³/mol. The van der Waals surface area contributed by atoms with Crippen LogP contribution in [0.25, 0.3) is 0 Å². The predicted octanol–water partition coefficient (Wildman–Crippen LogP) is 5.00. The summed E-state index contributed by atoms with van der Waals surface area (Å²) in [4.78, 5) is 26.8. The quantitative estimate of drug-likeness (QED) is 0.563. The van der Waals surface area contributed by atoms with Gasteiger partial charge in [-0.1, -0.05) is 53.6 Å². The molecule has 0 unspecified atom stereocenters. The second-order valence-corrected chi connectivity index (χ2v) is 8.84. The number of hydrogen-bond acceptors (Lipinski definition) is 4. The molecule has 0 spiro atoms.